The van der Waals surface area contributed by atoms with Gasteiger partial charge >= 0.3 is 0 Å². The molecule has 0 aliphatic rings. The number of nitrogens with two attached hydrogens (primary N) is 1. The van der Waals surface area contributed by atoms with Crippen molar-refractivity contribution in [3.63, 3.8) is 0 Å². The van der Waals surface area contributed by atoms with Crippen LogP contribution in [0.3, 0.4) is 0 Å². The summed E-state index contributed by atoms with van der Waals surface area (Å²) in [5.74, 6) is 0.422. The van der Waals surface area contributed by atoms with E-state index in [1.807, 2.05) is 0 Å². The molecule has 116 valence electrons. The molecular weight excluding hydrogens is 300 g/mol. The van der Waals surface area contributed by atoms with Gasteiger partial charge in [-0.3, -0.25) is 4.79 Å². The van der Waals surface area contributed by atoms with Gasteiger partial charge in [-0.2, -0.15) is 0 Å². The van der Waals surface area contributed by atoms with Gasteiger partial charge in [0.25, 0.3) is 0 Å². The molecule has 22 heavy (non-hydrogen) atoms. The third kappa shape index (κ3) is 4.00. The van der Waals surface area contributed by atoms with E-state index in [-0.39, 0.29) is 5.91 Å². The molecule has 2 unspecified atom stereocenters. The van der Waals surface area contributed by atoms with Crippen molar-refractivity contribution in [3.05, 3.63) is 48.5 Å². The van der Waals surface area contributed by atoms with Gasteiger partial charge in [-0.25, -0.2) is 0 Å². The first kappa shape index (κ1) is 16.4. The maximum atomic E-state index is 12.6. The Bertz CT molecular complexity index is 644. The highest BCUT2D eigenvalue weighted by atomic mass is 32.2. The maximum absolute atomic E-state index is 12.6. The fourth-order valence-corrected chi connectivity index (χ4v) is 2.87. The largest absolute Gasteiger partial charge is 0.606 e. The van der Waals surface area contributed by atoms with E-state index in [0.29, 0.717) is 21.2 Å². The number of carbonyl (C=O) groups is 1. The van der Waals surface area contributed by atoms with Crippen LogP contribution in [0.5, 0.6) is 5.75 Å². The van der Waals surface area contributed by atoms with Crippen molar-refractivity contribution in [2.75, 3.05) is 12.4 Å². The van der Waals surface area contributed by atoms with Crippen LogP contribution < -0.4 is 15.8 Å². The second kappa shape index (κ2) is 7.31. The summed E-state index contributed by atoms with van der Waals surface area (Å²) in [6, 6.07) is 13.3. The molecule has 0 saturated heterocycles. The van der Waals surface area contributed by atoms with Crippen molar-refractivity contribution in [1.82, 2.24) is 0 Å². The number of carbonyl (C=O) groups excluding carboxylic acids is 1. The van der Waals surface area contributed by atoms with E-state index in [4.69, 9.17) is 10.5 Å². The Hall–Kier alpha value is -2.02. The monoisotopic (exact) mass is 318 g/mol. The van der Waals surface area contributed by atoms with Gasteiger partial charge in [0.05, 0.1) is 13.2 Å². The van der Waals surface area contributed by atoms with Crippen molar-refractivity contribution in [1.29, 1.82) is 0 Å². The van der Waals surface area contributed by atoms with Gasteiger partial charge in [0.1, 0.15) is 5.75 Å². The van der Waals surface area contributed by atoms with E-state index in [1.54, 1.807) is 62.6 Å². The number of hydrogen-bond donors (Lipinski definition) is 2. The summed E-state index contributed by atoms with van der Waals surface area (Å²) >= 11 is -1.33. The second-order valence-corrected chi connectivity index (χ2v) is 6.23. The first-order valence-electron chi connectivity index (χ1n) is 6.73. The molecule has 0 fully saturated rings. The Morgan fingerprint density at radius 1 is 1.23 bits per heavy atom. The molecule has 3 N–H and O–H groups in total. The van der Waals surface area contributed by atoms with E-state index in [9.17, 15) is 9.35 Å². The predicted molar refractivity (Wildman–Crippen MR) is 86.4 cm³/mol. The maximum Gasteiger partial charge on any atom is 0.241 e. The van der Waals surface area contributed by atoms with Gasteiger partial charge in [-0.05, 0) is 43.3 Å². The molecule has 1 amide bonds. The SMILES string of the molecule is COc1ccc([S+]([O-])c2cccc(NC(=O)C(C)N)c2)cc1. The molecule has 2 rings (SSSR count). The molecule has 2 atom stereocenters. The zero-order valence-electron chi connectivity index (χ0n) is 12.4. The first-order valence-corrected chi connectivity index (χ1v) is 7.88. The normalized spacial score (nSPS) is 13.3. The van der Waals surface area contributed by atoms with E-state index in [1.165, 1.54) is 0 Å². The van der Waals surface area contributed by atoms with E-state index >= 15 is 0 Å². The van der Waals surface area contributed by atoms with Crippen LogP contribution in [-0.4, -0.2) is 23.6 Å². The molecule has 0 aliphatic heterocycles. The van der Waals surface area contributed by atoms with Crippen LogP contribution in [0.25, 0.3) is 0 Å². The van der Waals surface area contributed by atoms with Crippen molar-refractivity contribution in [2.45, 2.75) is 22.8 Å². The highest BCUT2D eigenvalue weighted by molar-refractivity contribution is 7.91. The molecule has 6 heteroatoms. The molecule has 0 spiro atoms. The molecule has 0 aliphatic carbocycles. The quantitative estimate of drug-likeness (QED) is 0.827. The Morgan fingerprint density at radius 3 is 2.50 bits per heavy atom. The van der Waals surface area contributed by atoms with E-state index < -0.39 is 17.2 Å². The second-order valence-electron chi connectivity index (χ2n) is 4.75. The van der Waals surface area contributed by atoms with Crippen molar-refractivity contribution in [3.8, 4) is 5.75 Å². The lowest BCUT2D eigenvalue weighted by Crippen LogP contribution is -2.32. The van der Waals surface area contributed by atoms with Crippen LogP contribution in [0.15, 0.2) is 58.3 Å². The number of hydrogen-bond acceptors (Lipinski definition) is 4. The Labute approximate surface area is 132 Å². The molecule has 0 aromatic heterocycles. The zero-order valence-corrected chi connectivity index (χ0v) is 13.2. The van der Waals surface area contributed by atoms with Gasteiger partial charge in [-0.15, -0.1) is 0 Å². The lowest BCUT2D eigenvalue weighted by Gasteiger charge is -2.12. The standard InChI is InChI=1S/C16H18N2O3S/c1-11(17)16(19)18-12-4-3-5-15(10-12)22(20)14-8-6-13(21-2)7-9-14/h3-11H,17H2,1-2H3,(H,18,19). The van der Waals surface area contributed by atoms with Crippen LogP contribution in [-0.2, 0) is 16.0 Å². The van der Waals surface area contributed by atoms with Crippen LogP contribution in [0.1, 0.15) is 6.92 Å². The van der Waals surface area contributed by atoms with Gasteiger partial charge in [0.15, 0.2) is 9.79 Å². The molecule has 5 nitrogen and oxygen atoms in total. The summed E-state index contributed by atoms with van der Waals surface area (Å²) < 4.78 is 17.6. The Balaban J connectivity index is 2.18. The Morgan fingerprint density at radius 2 is 1.91 bits per heavy atom. The molecule has 0 radical (unpaired) electrons. The third-order valence-corrected chi connectivity index (χ3v) is 4.39. The van der Waals surface area contributed by atoms with Gasteiger partial charge in [0.2, 0.25) is 5.91 Å². The van der Waals surface area contributed by atoms with Crippen molar-refractivity contribution >= 4 is 22.8 Å². The number of benzene rings is 2. The summed E-state index contributed by atoms with van der Waals surface area (Å²) in [4.78, 5) is 12.9. The molecular formula is C16H18N2O3S. The third-order valence-electron chi connectivity index (χ3n) is 3.00. The summed E-state index contributed by atoms with van der Waals surface area (Å²) in [6.45, 7) is 1.61. The number of methoxy groups -OCH3 is 1. The highest BCUT2D eigenvalue weighted by Crippen LogP contribution is 2.25. The van der Waals surface area contributed by atoms with E-state index in [0.717, 1.165) is 0 Å². The summed E-state index contributed by atoms with van der Waals surface area (Å²) in [5, 5.41) is 2.69. The van der Waals surface area contributed by atoms with Crippen LogP contribution in [0, 0.1) is 0 Å². The summed E-state index contributed by atoms with van der Waals surface area (Å²) in [6.07, 6.45) is 0. The minimum atomic E-state index is -1.33. The molecule has 0 bridgehead atoms. The predicted octanol–water partition coefficient (Wildman–Crippen LogP) is 2.15. The van der Waals surface area contributed by atoms with Crippen molar-refractivity contribution < 1.29 is 14.1 Å². The minimum absolute atomic E-state index is 0.285. The first-order chi connectivity index (χ1) is 10.5. The van der Waals surface area contributed by atoms with Crippen LogP contribution in [0.2, 0.25) is 0 Å². The lowest BCUT2D eigenvalue weighted by molar-refractivity contribution is -0.117. The number of amides is 1. The molecule has 2 aromatic carbocycles. The fourth-order valence-electron chi connectivity index (χ4n) is 1.78. The van der Waals surface area contributed by atoms with Crippen LogP contribution >= 0.6 is 0 Å². The zero-order chi connectivity index (χ0) is 16.1. The molecule has 0 heterocycles. The minimum Gasteiger partial charge on any atom is -0.606 e. The molecule has 0 saturated carbocycles. The van der Waals surface area contributed by atoms with Crippen LogP contribution in [0.4, 0.5) is 5.69 Å². The van der Waals surface area contributed by atoms with Gasteiger partial charge in [0, 0.05) is 22.9 Å². The number of rotatable bonds is 5. The molecule has 2 aromatic rings. The fraction of sp³-hybridized carbons (Fsp3) is 0.188. The van der Waals surface area contributed by atoms with Gasteiger partial charge in [-0.1, -0.05) is 6.07 Å². The van der Waals surface area contributed by atoms with Crippen molar-refractivity contribution in [2.24, 2.45) is 5.73 Å². The Kier molecular flexibility index (Phi) is 5.43. The number of nitrogens with one attached hydrogen (secondary N) is 1. The summed E-state index contributed by atoms with van der Waals surface area (Å²) in [7, 11) is 1.58. The number of ether oxygens (including phenoxy) is 1. The average Bonchev–Trinajstić information content (AvgIpc) is 2.54. The van der Waals surface area contributed by atoms with E-state index in [2.05, 4.69) is 5.32 Å². The summed E-state index contributed by atoms with van der Waals surface area (Å²) in [5.41, 5.74) is 6.09. The average molecular weight is 318 g/mol. The lowest BCUT2D eigenvalue weighted by atomic mass is 10.3. The smallest absolute Gasteiger partial charge is 0.241 e. The van der Waals surface area contributed by atoms with Gasteiger partial charge < -0.3 is 20.3 Å². The number of anilines is 1. The topological polar surface area (TPSA) is 87.4 Å². The highest BCUT2D eigenvalue weighted by Gasteiger charge is 2.16.